The predicted octanol–water partition coefficient (Wildman–Crippen LogP) is 0.738. The average Bonchev–Trinajstić information content (AvgIpc) is 2.85. The van der Waals surface area contributed by atoms with E-state index in [9.17, 15) is 0 Å². The van der Waals surface area contributed by atoms with Crippen molar-refractivity contribution in [3.05, 3.63) is 0 Å². The zero-order valence-electron chi connectivity index (χ0n) is 8.81. The summed E-state index contributed by atoms with van der Waals surface area (Å²) >= 11 is 0. The Morgan fingerprint density at radius 2 is 1.08 bits per heavy atom. The van der Waals surface area contributed by atoms with E-state index in [0.29, 0.717) is 0 Å². The molecular weight excluding hydrogens is 164 g/mol. The van der Waals surface area contributed by atoms with Gasteiger partial charge in [-0.05, 0) is 58.8 Å². The van der Waals surface area contributed by atoms with Crippen LogP contribution in [-0.4, -0.2) is 37.9 Å². The van der Waals surface area contributed by atoms with E-state index in [0.717, 1.165) is 0 Å². The summed E-state index contributed by atoms with van der Waals surface area (Å²) in [6, 6.07) is 0. The van der Waals surface area contributed by atoms with Crippen LogP contribution in [0.5, 0.6) is 0 Å². The molecule has 0 aromatic rings. The lowest BCUT2D eigenvalue weighted by molar-refractivity contribution is 0.318. The van der Waals surface area contributed by atoms with Crippen LogP contribution < -0.4 is 10.6 Å². The van der Waals surface area contributed by atoms with Crippen LogP contribution in [0.25, 0.3) is 0 Å². The highest BCUT2D eigenvalue weighted by molar-refractivity contribution is 4.56. The summed E-state index contributed by atoms with van der Waals surface area (Å²) in [5.74, 6) is 0. The Labute approximate surface area is 81.9 Å². The van der Waals surface area contributed by atoms with E-state index in [1.165, 1.54) is 51.9 Å². The van der Waals surface area contributed by atoms with Gasteiger partial charge < -0.3 is 15.7 Å². The first-order valence-corrected chi connectivity index (χ1v) is 5.44. The zero-order chi connectivity index (χ0) is 9.78. The van der Waals surface area contributed by atoms with Gasteiger partial charge in [0.15, 0.2) is 0 Å². The smallest absolute Gasteiger partial charge is 0.0402 e. The number of aliphatic hydroxyl groups is 1. The first kappa shape index (κ1) is 12.9. The van der Waals surface area contributed by atoms with Gasteiger partial charge in [-0.3, -0.25) is 0 Å². The first-order chi connectivity index (χ1) is 6.41. The minimum Gasteiger partial charge on any atom is -0.397 e. The van der Waals surface area contributed by atoms with Crippen molar-refractivity contribution in [3.8, 4) is 0 Å². The number of rotatable bonds is 0. The molecule has 0 amide bonds. The van der Waals surface area contributed by atoms with Gasteiger partial charge in [-0.15, -0.1) is 0 Å². The molecule has 0 spiro atoms. The van der Waals surface area contributed by atoms with E-state index < -0.39 is 0 Å². The summed E-state index contributed by atoms with van der Waals surface area (Å²) in [6.45, 7) is 6.93. The maximum atomic E-state index is 7.57. The number of aliphatic hydroxyl groups excluding tert-OH is 1. The lowest BCUT2D eigenvalue weighted by Gasteiger charge is -1.76. The summed E-state index contributed by atoms with van der Waals surface area (Å²) in [7, 11) is 0. The lowest BCUT2D eigenvalue weighted by Crippen LogP contribution is -2.03. The molecule has 0 atom stereocenters. The fourth-order valence-corrected chi connectivity index (χ4v) is 1.25. The third kappa shape index (κ3) is 11.9. The van der Waals surface area contributed by atoms with Crippen LogP contribution in [0.1, 0.15) is 32.6 Å². The van der Waals surface area contributed by atoms with Gasteiger partial charge in [-0.2, -0.15) is 0 Å². The van der Waals surface area contributed by atoms with Crippen molar-refractivity contribution in [1.29, 1.82) is 0 Å². The molecule has 2 heterocycles. The largest absolute Gasteiger partial charge is 0.397 e. The molecule has 2 rings (SSSR count). The SMILES string of the molecule is C1CCNC1.C1CCNC1.CCO. The monoisotopic (exact) mass is 188 g/mol. The third-order valence-corrected chi connectivity index (χ3v) is 1.91. The normalized spacial score (nSPS) is 19.8. The van der Waals surface area contributed by atoms with Gasteiger partial charge >= 0.3 is 0 Å². The van der Waals surface area contributed by atoms with E-state index in [-0.39, 0.29) is 6.61 Å². The Bertz CT molecular complexity index is 55.8. The molecule has 0 saturated carbocycles. The quantitative estimate of drug-likeness (QED) is 0.525. The summed E-state index contributed by atoms with van der Waals surface area (Å²) in [6.07, 6.45) is 5.56. The second-order valence-electron chi connectivity index (χ2n) is 3.23. The van der Waals surface area contributed by atoms with Crippen molar-refractivity contribution in [3.63, 3.8) is 0 Å². The summed E-state index contributed by atoms with van der Waals surface area (Å²) in [5.41, 5.74) is 0. The molecule has 0 radical (unpaired) electrons. The fourth-order valence-electron chi connectivity index (χ4n) is 1.25. The predicted molar refractivity (Wildman–Crippen MR) is 57.0 cm³/mol. The fraction of sp³-hybridized carbons (Fsp3) is 1.00. The van der Waals surface area contributed by atoms with Crippen molar-refractivity contribution < 1.29 is 5.11 Å². The second-order valence-corrected chi connectivity index (χ2v) is 3.23. The molecule has 3 heteroatoms. The van der Waals surface area contributed by atoms with Crippen molar-refractivity contribution in [2.24, 2.45) is 0 Å². The first-order valence-electron chi connectivity index (χ1n) is 5.44. The van der Waals surface area contributed by atoms with Crippen LogP contribution in [-0.2, 0) is 0 Å². The van der Waals surface area contributed by atoms with E-state index in [2.05, 4.69) is 10.6 Å². The standard InChI is InChI=1S/2C4H9N.C2H6O/c2*1-2-4-5-3-1;1-2-3/h2*5H,1-4H2;3H,2H2,1H3. The van der Waals surface area contributed by atoms with Crippen molar-refractivity contribution >= 4 is 0 Å². The van der Waals surface area contributed by atoms with Gasteiger partial charge in [0.25, 0.3) is 0 Å². The van der Waals surface area contributed by atoms with Gasteiger partial charge in [0.2, 0.25) is 0 Å². The molecule has 2 saturated heterocycles. The highest BCUT2D eigenvalue weighted by Crippen LogP contribution is 1.90. The van der Waals surface area contributed by atoms with Crippen LogP contribution in [0.15, 0.2) is 0 Å². The molecule has 0 aromatic carbocycles. The minimum atomic E-state index is 0.250. The third-order valence-electron chi connectivity index (χ3n) is 1.91. The maximum Gasteiger partial charge on any atom is 0.0402 e. The molecule has 80 valence electrons. The molecule has 0 aromatic heterocycles. The minimum absolute atomic E-state index is 0.250. The lowest BCUT2D eigenvalue weighted by atomic mass is 10.4. The molecular formula is C10H24N2O. The van der Waals surface area contributed by atoms with Gasteiger partial charge in [-0.25, -0.2) is 0 Å². The second kappa shape index (κ2) is 11.9. The zero-order valence-corrected chi connectivity index (χ0v) is 8.81. The molecule has 0 bridgehead atoms. The average molecular weight is 188 g/mol. The van der Waals surface area contributed by atoms with Crippen LogP contribution in [0.2, 0.25) is 0 Å². The molecule has 3 nitrogen and oxygen atoms in total. The highest BCUT2D eigenvalue weighted by atomic mass is 16.2. The Morgan fingerprint density at radius 3 is 1.15 bits per heavy atom. The van der Waals surface area contributed by atoms with E-state index in [1.54, 1.807) is 6.92 Å². The molecule has 2 aliphatic heterocycles. The Kier molecular flexibility index (Phi) is 11.8. The molecule has 3 N–H and O–H groups in total. The van der Waals surface area contributed by atoms with Crippen LogP contribution >= 0.6 is 0 Å². The maximum absolute atomic E-state index is 7.57. The summed E-state index contributed by atoms with van der Waals surface area (Å²) in [5, 5.41) is 14.0. The molecule has 0 unspecified atom stereocenters. The van der Waals surface area contributed by atoms with Gasteiger partial charge in [0.1, 0.15) is 0 Å². The Morgan fingerprint density at radius 1 is 0.846 bits per heavy atom. The molecule has 2 fully saturated rings. The van der Waals surface area contributed by atoms with Crippen molar-refractivity contribution in [2.45, 2.75) is 32.6 Å². The van der Waals surface area contributed by atoms with E-state index in [4.69, 9.17) is 5.11 Å². The van der Waals surface area contributed by atoms with Crippen LogP contribution in [0.4, 0.5) is 0 Å². The summed E-state index contributed by atoms with van der Waals surface area (Å²) < 4.78 is 0. The molecule has 13 heavy (non-hydrogen) atoms. The molecule has 0 aliphatic carbocycles. The Hall–Kier alpha value is -0.120. The number of nitrogens with one attached hydrogen (secondary N) is 2. The Balaban J connectivity index is 0.000000174. The van der Waals surface area contributed by atoms with Gasteiger partial charge in [-0.1, -0.05) is 0 Å². The summed E-state index contributed by atoms with van der Waals surface area (Å²) in [4.78, 5) is 0. The van der Waals surface area contributed by atoms with E-state index in [1.807, 2.05) is 0 Å². The number of hydrogen-bond donors (Lipinski definition) is 3. The van der Waals surface area contributed by atoms with Gasteiger partial charge in [0.05, 0.1) is 0 Å². The van der Waals surface area contributed by atoms with Crippen LogP contribution in [0, 0.1) is 0 Å². The van der Waals surface area contributed by atoms with Crippen molar-refractivity contribution in [1.82, 2.24) is 10.6 Å². The van der Waals surface area contributed by atoms with E-state index >= 15 is 0 Å². The highest BCUT2D eigenvalue weighted by Gasteiger charge is 1.93. The van der Waals surface area contributed by atoms with Crippen LogP contribution in [0.3, 0.4) is 0 Å². The van der Waals surface area contributed by atoms with Crippen molar-refractivity contribution in [2.75, 3.05) is 32.8 Å². The van der Waals surface area contributed by atoms with Gasteiger partial charge in [0, 0.05) is 6.61 Å². The number of hydrogen-bond acceptors (Lipinski definition) is 3. The molecule has 2 aliphatic rings. The topological polar surface area (TPSA) is 44.3 Å².